The lowest BCUT2D eigenvalue weighted by Gasteiger charge is -2.09. The summed E-state index contributed by atoms with van der Waals surface area (Å²) < 4.78 is 12.4. The number of carbonyl (C=O) groups excluding carboxylic acids is 1. The van der Waals surface area contributed by atoms with Gasteiger partial charge in [0.2, 0.25) is 0 Å². The minimum Gasteiger partial charge on any atom is -0.503 e. The normalized spacial score (nSPS) is 10.9. The number of nitrogens with zero attached hydrogens (tertiary/aromatic N) is 1. The van der Waals surface area contributed by atoms with Crippen molar-refractivity contribution in [3.63, 3.8) is 0 Å². The zero-order chi connectivity index (χ0) is 19.7. The van der Waals surface area contributed by atoms with E-state index >= 15 is 0 Å². The van der Waals surface area contributed by atoms with Crippen molar-refractivity contribution in [3.8, 4) is 22.3 Å². The lowest BCUT2D eigenvalue weighted by Crippen LogP contribution is -2.22. The van der Waals surface area contributed by atoms with Crippen LogP contribution in [0.1, 0.15) is 16.1 Å². The summed E-state index contributed by atoms with van der Waals surface area (Å²) in [5.74, 6) is 1.14. The average Bonchev–Trinajstić information content (AvgIpc) is 3.34. The molecule has 0 unspecified atom stereocenters. The number of para-hydroxylation sites is 1. The van der Waals surface area contributed by atoms with Crippen LogP contribution in [0.2, 0.25) is 0 Å². The van der Waals surface area contributed by atoms with E-state index in [1.165, 1.54) is 19.2 Å². The van der Waals surface area contributed by atoms with Crippen LogP contribution in [0, 0.1) is 0 Å². The van der Waals surface area contributed by atoms with Crippen LogP contribution in [-0.4, -0.2) is 23.1 Å². The van der Waals surface area contributed by atoms with Crippen molar-refractivity contribution < 1.29 is 19.1 Å². The molecule has 0 aliphatic heterocycles. The SMILES string of the molecule is COc1cc(C(=O)NCc2ccc(-c3nc4ccccc4s3)o2)cc(Br)c1O. The van der Waals surface area contributed by atoms with Gasteiger partial charge in [-0.2, -0.15) is 0 Å². The summed E-state index contributed by atoms with van der Waals surface area (Å²) in [6.45, 7) is 0.227. The summed E-state index contributed by atoms with van der Waals surface area (Å²) in [6, 6.07) is 14.6. The molecule has 4 aromatic rings. The molecule has 0 spiro atoms. The highest BCUT2D eigenvalue weighted by Crippen LogP contribution is 2.35. The van der Waals surface area contributed by atoms with Gasteiger partial charge in [0.25, 0.3) is 5.91 Å². The van der Waals surface area contributed by atoms with Crippen LogP contribution in [0.3, 0.4) is 0 Å². The van der Waals surface area contributed by atoms with E-state index in [1.807, 2.05) is 36.4 Å². The number of benzene rings is 2. The van der Waals surface area contributed by atoms with E-state index in [2.05, 4.69) is 26.2 Å². The lowest BCUT2D eigenvalue weighted by atomic mass is 10.2. The quantitative estimate of drug-likeness (QED) is 0.441. The Morgan fingerprint density at radius 2 is 2.11 bits per heavy atom. The number of nitrogens with one attached hydrogen (secondary N) is 1. The maximum absolute atomic E-state index is 12.4. The Bertz CT molecular complexity index is 1140. The van der Waals surface area contributed by atoms with Crippen LogP contribution in [-0.2, 0) is 6.54 Å². The molecule has 0 saturated carbocycles. The van der Waals surface area contributed by atoms with Crippen molar-refractivity contribution in [2.45, 2.75) is 6.54 Å². The number of thiazole rings is 1. The number of ether oxygens (including phenoxy) is 1. The molecule has 2 aromatic carbocycles. The second kappa shape index (κ2) is 7.65. The topological polar surface area (TPSA) is 84.6 Å². The molecule has 0 aliphatic rings. The summed E-state index contributed by atoms with van der Waals surface area (Å²) in [5, 5.41) is 13.4. The third-order valence-corrected chi connectivity index (χ3v) is 5.76. The molecule has 2 aromatic heterocycles. The van der Waals surface area contributed by atoms with E-state index in [9.17, 15) is 9.90 Å². The molecule has 6 nitrogen and oxygen atoms in total. The second-order valence-corrected chi connectivity index (χ2v) is 7.83. The van der Waals surface area contributed by atoms with E-state index in [0.717, 1.165) is 15.2 Å². The van der Waals surface area contributed by atoms with Crippen LogP contribution < -0.4 is 10.1 Å². The van der Waals surface area contributed by atoms with Gasteiger partial charge in [-0.25, -0.2) is 4.98 Å². The highest BCUT2D eigenvalue weighted by molar-refractivity contribution is 9.10. The maximum Gasteiger partial charge on any atom is 0.251 e. The number of rotatable bonds is 5. The summed E-state index contributed by atoms with van der Waals surface area (Å²) >= 11 is 4.77. The number of carbonyl (C=O) groups is 1. The van der Waals surface area contributed by atoms with Crippen molar-refractivity contribution in [3.05, 3.63) is 64.3 Å². The van der Waals surface area contributed by atoms with Crippen molar-refractivity contribution >= 4 is 43.4 Å². The first-order valence-corrected chi connectivity index (χ1v) is 9.95. The summed E-state index contributed by atoms with van der Waals surface area (Å²) in [4.78, 5) is 17.0. The zero-order valence-electron chi connectivity index (χ0n) is 14.7. The number of halogens is 1. The van der Waals surface area contributed by atoms with Gasteiger partial charge in [-0.15, -0.1) is 11.3 Å². The molecule has 2 heterocycles. The number of methoxy groups -OCH3 is 1. The molecule has 1 amide bonds. The van der Waals surface area contributed by atoms with Crippen molar-refractivity contribution in [1.82, 2.24) is 10.3 Å². The van der Waals surface area contributed by atoms with Crippen LogP contribution in [0.5, 0.6) is 11.5 Å². The molecule has 0 bridgehead atoms. The highest BCUT2D eigenvalue weighted by atomic mass is 79.9. The van der Waals surface area contributed by atoms with Gasteiger partial charge in [0.05, 0.1) is 28.3 Å². The van der Waals surface area contributed by atoms with Gasteiger partial charge >= 0.3 is 0 Å². The van der Waals surface area contributed by atoms with Gasteiger partial charge in [-0.05, 0) is 52.3 Å². The monoisotopic (exact) mass is 458 g/mol. The number of hydrogen-bond donors (Lipinski definition) is 2. The number of phenolic OH excluding ortho intramolecular Hbond substituents is 1. The molecule has 0 fully saturated rings. The van der Waals surface area contributed by atoms with Crippen molar-refractivity contribution in [2.75, 3.05) is 7.11 Å². The highest BCUT2D eigenvalue weighted by Gasteiger charge is 2.15. The molecule has 0 aliphatic carbocycles. The van der Waals surface area contributed by atoms with Crippen LogP contribution in [0.15, 0.2) is 57.4 Å². The molecule has 4 rings (SSSR count). The Labute approximate surface area is 172 Å². The smallest absolute Gasteiger partial charge is 0.251 e. The number of amides is 1. The second-order valence-electron chi connectivity index (χ2n) is 5.94. The predicted molar refractivity (Wildman–Crippen MR) is 111 cm³/mol. The van der Waals surface area contributed by atoms with E-state index in [4.69, 9.17) is 9.15 Å². The molecular weight excluding hydrogens is 444 g/mol. The fourth-order valence-corrected chi connectivity index (χ4v) is 4.06. The van der Waals surface area contributed by atoms with E-state index in [-0.39, 0.29) is 24.0 Å². The predicted octanol–water partition coefficient (Wildman–Crippen LogP) is 4.96. The van der Waals surface area contributed by atoms with E-state index in [0.29, 0.717) is 21.6 Å². The minimum atomic E-state index is -0.308. The largest absolute Gasteiger partial charge is 0.503 e. The number of aromatic nitrogens is 1. The molecule has 142 valence electrons. The first-order chi connectivity index (χ1) is 13.5. The zero-order valence-corrected chi connectivity index (χ0v) is 17.1. The third-order valence-electron chi connectivity index (χ3n) is 4.10. The number of aromatic hydroxyl groups is 1. The number of fused-ring (bicyclic) bond motifs is 1. The molecule has 8 heteroatoms. The molecule has 0 saturated heterocycles. The molecular formula is C20H15BrN2O4S. The Kier molecular flexibility index (Phi) is 5.06. The van der Waals surface area contributed by atoms with Crippen LogP contribution in [0.4, 0.5) is 0 Å². The average molecular weight is 459 g/mol. The van der Waals surface area contributed by atoms with E-state index in [1.54, 1.807) is 11.3 Å². The maximum atomic E-state index is 12.4. The van der Waals surface area contributed by atoms with E-state index < -0.39 is 0 Å². The van der Waals surface area contributed by atoms with Crippen LogP contribution >= 0.6 is 27.3 Å². The fourth-order valence-electron chi connectivity index (χ4n) is 2.70. The van der Waals surface area contributed by atoms with Crippen molar-refractivity contribution in [2.24, 2.45) is 0 Å². The molecule has 28 heavy (non-hydrogen) atoms. The Balaban J connectivity index is 1.47. The Morgan fingerprint density at radius 1 is 1.29 bits per heavy atom. The third kappa shape index (κ3) is 3.61. The summed E-state index contributed by atoms with van der Waals surface area (Å²) in [7, 11) is 1.43. The van der Waals surface area contributed by atoms with Gasteiger partial charge in [0.1, 0.15) is 5.76 Å². The molecule has 0 atom stereocenters. The number of hydrogen-bond acceptors (Lipinski definition) is 6. The lowest BCUT2D eigenvalue weighted by molar-refractivity contribution is 0.0947. The fraction of sp³-hybridized carbons (Fsp3) is 0.100. The van der Waals surface area contributed by atoms with Crippen LogP contribution in [0.25, 0.3) is 21.0 Å². The summed E-state index contributed by atoms with van der Waals surface area (Å²) in [5.41, 5.74) is 1.29. The standard InChI is InChI=1S/C20H15BrN2O4S/c1-26-16-9-11(8-13(21)18(16)24)19(25)22-10-12-6-7-15(27-12)20-23-14-4-2-3-5-17(14)28-20/h2-9,24H,10H2,1H3,(H,22,25). The van der Waals surface area contributed by atoms with Crippen molar-refractivity contribution in [1.29, 1.82) is 0 Å². The number of furan rings is 1. The molecule has 0 radical (unpaired) electrons. The van der Waals surface area contributed by atoms with Gasteiger partial charge in [-0.1, -0.05) is 12.1 Å². The number of phenols is 1. The summed E-state index contributed by atoms with van der Waals surface area (Å²) in [6.07, 6.45) is 0. The van der Waals surface area contributed by atoms with Gasteiger partial charge < -0.3 is 19.6 Å². The minimum absolute atomic E-state index is 0.0504. The van der Waals surface area contributed by atoms with Gasteiger partial charge in [-0.3, -0.25) is 4.79 Å². The molecule has 2 N–H and O–H groups in total. The van der Waals surface area contributed by atoms with Gasteiger partial charge in [0, 0.05) is 5.56 Å². The first kappa shape index (κ1) is 18.5. The Hall–Kier alpha value is -2.84. The first-order valence-electron chi connectivity index (χ1n) is 8.34. The Morgan fingerprint density at radius 3 is 2.89 bits per heavy atom. The van der Waals surface area contributed by atoms with Gasteiger partial charge in [0.15, 0.2) is 22.3 Å².